The summed E-state index contributed by atoms with van der Waals surface area (Å²) in [4.78, 5) is 0. The molecule has 2 rings (SSSR count). The van der Waals surface area contributed by atoms with E-state index in [-0.39, 0.29) is 47.8 Å². The van der Waals surface area contributed by atoms with Crippen LogP contribution in [0.25, 0.3) is 0 Å². The van der Waals surface area contributed by atoms with E-state index in [2.05, 4.69) is 0 Å². The van der Waals surface area contributed by atoms with E-state index in [1.807, 2.05) is 0 Å². The van der Waals surface area contributed by atoms with Crippen molar-refractivity contribution in [3.63, 3.8) is 0 Å². The third-order valence-corrected chi connectivity index (χ3v) is 1.73. The SMILES string of the molecule is Cl.Cl.Oc1ccc(O)cc1.Oc1ccccc1O. The lowest BCUT2D eigenvalue weighted by molar-refractivity contribution is 0.404. The lowest BCUT2D eigenvalue weighted by Crippen LogP contribution is -1.63. The Labute approximate surface area is 117 Å². The second-order valence-electron chi connectivity index (χ2n) is 3.01. The van der Waals surface area contributed by atoms with Gasteiger partial charge in [0.25, 0.3) is 0 Å². The van der Waals surface area contributed by atoms with Crippen LogP contribution in [0.2, 0.25) is 0 Å². The fourth-order valence-corrected chi connectivity index (χ4v) is 0.917. The number of phenolic OH excluding ortho intramolecular Hbond substituents is 4. The number of hydrogen-bond donors (Lipinski definition) is 4. The second kappa shape index (κ2) is 9.27. The highest BCUT2D eigenvalue weighted by atomic mass is 35.5. The molecule has 6 heteroatoms. The van der Waals surface area contributed by atoms with Crippen LogP contribution in [0.15, 0.2) is 48.5 Å². The molecule has 0 aliphatic carbocycles. The smallest absolute Gasteiger partial charge is 0.157 e. The van der Waals surface area contributed by atoms with Gasteiger partial charge in [0, 0.05) is 0 Å². The zero-order valence-corrected chi connectivity index (χ0v) is 10.9. The van der Waals surface area contributed by atoms with Gasteiger partial charge in [-0.3, -0.25) is 0 Å². The first-order chi connectivity index (χ1) is 7.59. The van der Waals surface area contributed by atoms with Gasteiger partial charge in [0.1, 0.15) is 11.5 Å². The molecule has 0 saturated heterocycles. The van der Waals surface area contributed by atoms with Crippen LogP contribution in [0.5, 0.6) is 23.0 Å². The molecule has 0 unspecified atom stereocenters. The molecule has 0 aromatic heterocycles. The minimum atomic E-state index is -0.0764. The van der Waals surface area contributed by atoms with Gasteiger partial charge in [-0.15, -0.1) is 24.8 Å². The topological polar surface area (TPSA) is 80.9 Å². The van der Waals surface area contributed by atoms with Gasteiger partial charge in [0.2, 0.25) is 0 Å². The molecule has 0 heterocycles. The van der Waals surface area contributed by atoms with Crippen molar-refractivity contribution in [1.82, 2.24) is 0 Å². The first kappa shape index (κ1) is 18.6. The Morgan fingerprint density at radius 3 is 1.00 bits per heavy atom. The normalized spacial score (nSPS) is 8.00. The van der Waals surface area contributed by atoms with E-state index >= 15 is 0 Å². The van der Waals surface area contributed by atoms with Crippen LogP contribution in [0.4, 0.5) is 0 Å². The van der Waals surface area contributed by atoms with Gasteiger partial charge in [-0.05, 0) is 36.4 Å². The average Bonchev–Trinajstić information content (AvgIpc) is 2.28. The van der Waals surface area contributed by atoms with Gasteiger partial charge in [-0.25, -0.2) is 0 Å². The van der Waals surface area contributed by atoms with Crippen LogP contribution < -0.4 is 0 Å². The predicted octanol–water partition coefficient (Wildman–Crippen LogP) is 3.04. The lowest BCUT2D eigenvalue weighted by Gasteiger charge is -1.91. The summed E-state index contributed by atoms with van der Waals surface area (Å²) < 4.78 is 0. The fourth-order valence-electron chi connectivity index (χ4n) is 0.917. The summed E-state index contributed by atoms with van der Waals surface area (Å²) in [5, 5.41) is 34.6. The number of benzene rings is 2. The van der Waals surface area contributed by atoms with Crippen molar-refractivity contribution < 1.29 is 20.4 Å². The molecular weight excluding hydrogens is 279 g/mol. The van der Waals surface area contributed by atoms with Crippen molar-refractivity contribution in [1.29, 1.82) is 0 Å². The Hall–Kier alpha value is -1.78. The van der Waals surface area contributed by atoms with Gasteiger partial charge in [-0.1, -0.05) is 12.1 Å². The maximum absolute atomic E-state index is 8.67. The van der Waals surface area contributed by atoms with Crippen molar-refractivity contribution in [2.45, 2.75) is 0 Å². The second-order valence-corrected chi connectivity index (χ2v) is 3.01. The summed E-state index contributed by atoms with van der Waals surface area (Å²) in [5.74, 6) is 0.186. The molecule has 0 bridgehead atoms. The fraction of sp³-hybridized carbons (Fsp3) is 0. The molecule has 0 amide bonds. The van der Waals surface area contributed by atoms with Crippen LogP contribution in [-0.4, -0.2) is 20.4 Å². The molecule has 18 heavy (non-hydrogen) atoms. The first-order valence-corrected chi connectivity index (χ1v) is 4.54. The Morgan fingerprint density at radius 2 is 0.778 bits per heavy atom. The highest BCUT2D eigenvalue weighted by Crippen LogP contribution is 2.21. The summed E-state index contributed by atoms with van der Waals surface area (Å²) in [5.41, 5.74) is 0. The molecule has 0 fully saturated rings. The third kappa shape index (κ3) is 6.73. The number of phenols is 4. The predicted molar refractivity (Wildman–Crippen MR) is 74.0 cm³/mol. The maximum atomic E-state index is 8.67. The molecule has 4 nitrogen and oxygen atoms in total. The zero-order chi connectivity index (χ0) is 12.0. The molecular formula is C12H14Cl2O4. The maximum Gasteiger partial charge on any atom is 0.157 e. The summed E-state index contributed by atoms with van der Waals surface area (Å²) >= 11 is 0. The molecule has 2 aromatic rings. The zero-order valence-electron chi connectivity index (χ0n) is 9.22. The number of halogens is 2. The summed E-state index contributed by atoms with van der Waals surface area (Å²) in [6.45, 7) is 0. The number of rotatable bonds is 0. The monoisotopic (exact) mass is 292 g/mol. The van der Waals surface area contributed by atoms with E-state index in [0.29, 0.717) is 0 Å². The molecule has 0 radical (unpaired) electrons. The minimum absolute atomic E-state index is 0. The molecule has 0 atom stereocenters. The van der Waals surface area contributed by atoms with Gasteiger partial charge in [-0.2, -0.15) is 0 Å². The molecule has 0 saturated carbocycles. The van der Waals surface area contributed by atoms with Gasteiger partial charge in [0.15, 0.2) is 11.5 Å². The molecule has 0 spiro atoms. The van der Waals surface area contributed by atoms with E-state index in [1.165, 1.54) is 36.4 Å². The van der Waals surface area contributed by atoms with Crippen molar-refractivity contribution in [2.75, 3.05) is 0 Å². The first-order valence-electron chi connectivity index (χ1n) is 4.54. The lowest BCUT2D eigenvalue weighted by atomic mass is 10.3. The average molecular weight is 293 g/mol. The minimum Gasteiger partial charge on any atom is -0.508 e. The number of aromatic hydroxyl groups is 4. The Balaban J connectivity index is 0. The van der Waals surface area contributed by atoms with Gasteiger partial charge < -0.3 is 20.4 Å². The van der Waals surface area contributed by atoms with Crippen molar-refractivity contribution in [2.24, 2.45) is 0 Å². The molecule has 4 N–H and O–H groups in total. The summed E-state index contributed by atoms with van der Waals surface area (Å²) in [7, 11) is 0. The van der Waals surface area contributed by atoms with E-state index in [9.17, 15) is 0 Å². The number of hydrogen-bond acceptors (Lipinski definition) is 4. The van der Waals surface area contributed by atoms with Gasteiger partial charge in [0.05, 0.1) is 0 Å². The highest BCUT2D eigenvalue weighted by Gasteiger charge is 1.90. The van der Waals surface area contributed by atoms with Crippen LogP contribution in [0.3, 0.4) is 0 Å². The number of para-hydroxylation sites is 2. The van der Waals surface area contributed by atoms with Crippen LogP contribution in [-0.2, 0) is 0 Å². The summed E-state index contributed by atoms with van der Waals surface area (Å²) in [6, 6.07) is 11.9. The molecule has 2 aromatic carbocycles. The van der Waals surface area contributed by atoms with E-state index in [0.717, 1.165) is 0 Å². The highest BCUT2D eigenvalue weighted by molar-refractivity contribution is 5.85. The van der Waals surface area contributed by atoms with Crippen molar-refractivity contribution in [3.8, 4) is 23.0 Å². The van der Waals surface area contributed by atoms with Crippen LogP contribution in [0, 0.1) is 0 Å². The third-order valence-electron chi connectivity index (χ3n) is 1.73. The van der Waals surface area contributed by atoms with Crippen LogP contribution in [0.1, 0.15) is 0 Å². The van der Waals surface area contributed by atoms with Crippen molar-refractivity contribution >= 4 is 24.8 Å². The van der Waals surface area contributed by atoms with Crippen LogP contribution >= 0.6 is 24.8 Å². The largest absolute Gasteiger partial charge is 0.508 e. The Morgan fingerprint density at radius 1 is 0.500 bits per heavy atom. The Bertz CT molecular complexity index is 404. The summed E-state index contributed by atoms with van der Waals surface area (Å²) in [6.07, 6.45) is 0. The van der Waals surface area contributed by atoms with E-state index < -0.39 is 0 Å². The van der Waals surface area contributed by atoms with Crippen molar-refractivity contribution in [3.05, 3.63) is 48.5 Å². The molecule has 0 aliphatic heterocycles. The molecule has 100 valence electrons. The standard InChI is InChI=1S/2C6H6O2.2ClH/c7-5-1-2-6(8)4-3-5;7-5-3-1-2-4-6(5)8;;/h2*1-4,7-8H;2*1H. The van der Waals surface area contributed by atoms with E-state index in [1.54, 1.807) is 12.1 Å². The quantitative estimate of drug-likeness (QED) is 0.444. The molecule has 0 aliphatic rings. The Kier molecular flexibility index (Phi) is 9.57. The van der Waals surface area contributed by atoms with E-state index in [4.69, 9.17) is 20.4 Å². The van der Waals surface area contributed by atoms with Gasteiger partial charge >= 0.3 is 0 Å².